The molecule has 2 amide bonds. The van der Waals surface area contributed by atoms with E-state index in [2.05, 4.69) is 10.4 Å². The molecule has 2 saturated heterocycles. The van der Waals surface area contributed by atoms with E-state index in [1.165, 1.54) is 21.4 Å². The molecule has 1 saturated carbocycles. The Morgan fingerprint density at radius 3 is 2.59 bits per heavy atom. The topological polar surface area (TPSA) is 118 Å². The summed E-state index contributed by atoms with van der Waals surface area (Å²) in [7, 11) is 0. The lowest BCUT2D eigenvalue weighted by molar-refractivity contribution is -0.145. The SMILES string of the molecule is CC(C)Cn1c(=O)c(C(=O)NC2CC2)c(O)n2ncc(/C=C/C(=O)N3C4CCCC3COC4)c12. The predicted molar refractivity (Wildman–Crippen MR) is 125 cm³/mol. The number of ether oxygens (including phenoxy) is 1. The maximum absolute atomic E-state index is 13.3. The number of hydrogen-bond acceptors (Lipinski definition) is 6. The number of amides is 2. The van der Waals surface area contributed by atoms with Crippen LogP contribution in [0.1, 0.15) is 61.9 Å². The van der Waals surface area contributed by atoms with E-state index >= 15 is 0 Å². The Kier molecular flexibility index (Phi) is 5.93. The van der Waals surface area contributed by atoms with Gasteiger partial charge < -0.3 is 20.1 Å². The van der Waals surface area contributed by atoms with Crippen LogP contribution in [-0.4, -0.2) is 67.3 Å². The van der Waals surface area contributed by atoms with E-state index in [0.717, 1.165) is 32.1 Å². The van der Waals surface area contributed by atoms with Gasteiger partial charge in [-0.1, -0.05) is 13.8 Å². The predicted octanol–water partition coefficient (Wildman–Crippen LogP) is 1.54. The Morgan fingerprint density at radius 2 is 1.94 bits per heavy atom. The van der Waals surface area contributed by atoms with Gasteiger partial charge in [0.2, 0.25) is 11.8 Å². The Bertz CT molecular complexity index is 1190. The van der Waals surface area contributed by atoms with Crippen LogP contribution in [0.4, 0.5) is 0 Å². The van der Waals surface area contributed by atoms with E-state index in [1.54, 1.807) is 6.08 Å². The van der Waals surface area contributed by atoms with Crippen LogP contribution >= 0.6 is 0 Å². The van der Waals surface area contributed by atoms with Crippen molar-refractivity contribution >= 4 is 23.5 Å². The first-order valence-electron chi connectivity index (χ1n) is 12.1. The lowest BCUT2D eigenvalue weighted by Crippen LogP contribution is -2.56. The van der Waals surface area contributed by atoms with Gasteiger partial charge in [0.15, 0.2) is 5.56 Å². The molecule has 1 aliphatic carbocycles. The summed E-state index contributed by atoms with van der Waals surface area (Å²) in [6, 6.07) is 0.218. The zero-order valence-electron chi connectivity index (χ0n) is 19.6. The molecule has 2 atom stereocenters. The number of morpholine rings is 1. The van der Waals surface area contributed by atoms with Crippen LogP contribution < -0.4 is 10.9 Å². The molecule has 3 fully saturated rings. The fraction of sp³-hybridized carbons (Fsp3) is 0.583. The fourth-order valence-electron chi connectivity index (χ4n) is 4.99. The molecule has 4 heterocycles. The third-order valence-electron chi connectivity index (χ3n) is 6.74. The number of rotatable bonds is 6. The largest absolute Gasteiger partial charge is 0.492 e. The minimum atomic E-state index is -0.592. The standard InChI is InChI=1S/C24H31N5O5/c1-14(2)11-27-22-15(6-9-19(30)28-17-4-3-5-18(28)13-34-12-17)10-25-29(22)24(33)20(23(27)32)21(31)26-16-7-8-16/h6,9-10,14,16-18,33H,3-5,7-8,11-13H2,1-2H3,(H,26,31)/b9-6+. The van der Waals surface area contributed by atoms with E-state index in [9.17, 15) is 19.5 Å². The summed E-state index contributed by atoms with van der Waals surface area (Å²) in [4.78, 5) is 41.0. The lowest BCUT2D eigenvalue weighted by Gasteiger charge is -2.45. The second-order valence-corrected chi connectivity index (χ2v) is 9.95. The first-order valence-corrected chi connectivity index (χ1v) is 12.1. The summed E-state index contributed by atoms with van der Waals surface area (Å²) in [5.41, 5.74) is -0.00343. The highest BCUT2D eigenvalue weighted by Gasteiger charge is 2.37. The average Bonchev–Trinajstić information content (AvgIpc) is 3.49. The fourth-order valence-corrected chi connectivity index (χ4v) is 4.99. The van der Waals surface area contributed by atoms with E-state index in [0.29, 0.717) is 31.0 Å². The average molecular weight is 470 g/mol. The normalized spacial score (nSPS) is 22.6. The van der Waals surface area contributed by atoms with Gasteiger partial charge in [-0.15, -0.1) is 0 Å². The van der Waals surface area contributed by atoms with Gasteiger partial charge >= 0.3 is 0 Å². The van der Waals surface area contributed by atoms with E-state index < -0.39 is 17.3 Å². The van der Waals surface area contributed by atoms with Crippen molar-refractivity contribution in [2.24, 2.45) is 5.92 Å². The zero-order valence-corrected chi connectivity index (χ0v) is 19.6. The summed E-state index contributed by atoms with van der Waals surface area (Å²) < 4.78 is 8.31. The molecule has 2 aliphatic heterocycles. The smallest absolute Gasteiger partial charge is 0.270 e. The van der Waals surface area contributed by atoms with Crippen LogP contribution in [0.3, 0.4) is 0 Å². The number of aromatic nitrogens is 3. The molecular formula is C24H31N5O5. The number of carbonyl (C=O) groups excluding carboxylic acids is 2. The molecule has 2 N–H and O–H groups in total. The van der Waals surface area contributed by atoms with E-state index in [4.69, 9.17) is 4.74 Å². The number of hydrogen-bond donors (Lipinski definition) is 2. The maximum Gasteiger partial charge on any atom is 0.270 e. The van der Waals surface area contributed by atoms with Crippen molar-refractivity contribution in [3.63, 3.8) is 0 Å². The van der Waals surface area contributed by atoms with Crippen molar-refractivity contribution in [1.82, 2.24) is 24.4 Å². The van der Waals surface area contributed by atoms with Crippen molar-refractivity contribution in [2.45, 2.75) is 70.6 Å². The molecule has 182 valence electrons. The molecule has 10 nitrogen and oxygen atoms in total. The second-order valence-electron chi connectivity index (χ2n) is 9.95. The summed E-state index contributed by atoms with van der Waals surface area (Å²) in [5, 5.41) is 17.8. The third-order valence-corrected chi connectivity index (χ3v) is 6.74. The summed E-state index contributed by atoms with van der Waals surface area (Å²) in [6.45, 7) is 5.37. The molecule has 5 rings (SSSR count). The van der Waals surface area contributed by atoms with Gasteiger partial charge in [-0.05, 0) is 44.1 Å². The molecule has 2 aromatic rings. The van der Waals surface area contributed by atoms with Crippen molar-refractivity contribution in [3.8, 4) is 5.88 Å². The Labute approximate surface area is 197 Å². The molecule has 10 heteroatoms. The van der Waals surface area contributed by atoms with Gasteiger partial charge in [0, 0.05) is 24.2 Å². The highest BCUT2D eigenvalue weighted by atomic mass is 16.5. The highest BCUT2D eigenvalue weighted by Crippen LogP contribution is 2.28. The van der Waals surface area contributed by atoms with Crippen LogP contribution in [0.2, 0.25) is 0 Å². The van der Waals surface area contributed by atoms with Gasteiger partial charge in [0.25, 0.3) is 11.5 Å². The summed E-state index contributed by atoms with van der Waals surface area (Å²) >= 11 is 0. The summed E-state index contributed by atoms with van der Waals surface area (Å²) in [6.07, 6.45) is 9.32. The zero-order chi connectivity index (χ0) is 24.0. The highest BCUT2D eigenvalue weighted by molar-refractivity contribution is 5.97. The quantitative estimate of drug-likeness (QED) is 0.620. The van der Waals surface area contributed by atoms with Crippen molar-refractivity contribution in [1.29, 1.82) is 0 Å². The molecule has 34 heavy (non-hydrogen) atoms. The Balaban J connectivity index is 1.52. The second kappa shape index (κ2) is 8.90. The number of piperidine rings is 1. The molecule has 3 aliphatic rings. The first kappa shape index (κ1) is 22.6. The molecule has 0 spiro atoms. The van der Waals surface area contributed by atoms with Crippen LogP contribution in [0, 0.1) is 5.92 Å². The van der Waals surface area contributed by atoms with Gasteiger partial charge in [0.05, 0.1) is 31.5 Å². The van der Waals surface area contributed by atoms with Gasteiger partial charge in [0.1, 0.15) is 5.65 Å². The molecular weight excluding hydrogens is 438 g/mol. The minimum Gasteiger partial charge on any atom is -0.492 e. The van der Waals surface area contributed by atoms with E-state index in [-0.39, 0.29) is 35.5 Å². The number of carbonyl (C=O) groups is 2. The Hall–Kier alpha value is -3.14. The molecule has 2 bridgehead atoms. The van der Waals surface area contributed by atoms with Crippen LogP contribution in [0.25, 0.3) is 11.7 Å². The molecule has 2 unspecified atom stereocenters. The Morgan fingerprint density at radius 1 is 1.24 bits per heavy atom. The number of nitrogens with zero attached hydrogens (tertiary/aromatic N) is 4. The van der Waals surface area contributed by atoms with Gasteiger partial charge in [-0.3, -0.25) is 19.0 Å². The summed E-state index contributed by atoms with van der Waals surface area (Å²) in [5.74, 6) is -1.08. The maximum atomic E-state index is 13.3. The van der Waals surface area contributed by atoms with Crippen molar-refractivity contribution in [2.75, 3.05) is 13.2 Å². The van der Waals surface area contributed by atoms with Gasteiger partial charge in [-0.2, -0.15) is 9.61 Å². The first-order chi connectivity index (χ1) is 16.3. The number of fused-ring (bicyclic) bond motifs is 3. The number of nitrogens with one attached hydrogen (secondary N) is 1. The monoisotopic (exact) mass is 469 g/mol. The lowest BCUT2D eigenvalue weighted by atomic mass is 9.94. The van der Waals surface area contributed by atoms with E-state index in [1.807, 2.05) is 18.7 Å². The molecule has 0 aromatic carbocycles. The van der Waals surface area contributed by atoms with Gasteiger partial charge in [-0.25, -0.2) is 0 Å². The van der Waals surface area contributed by atoms with Crippen LogP contribution in [-0.2, 0) is 16.1 Å². The van der Waals surface area contributed by atoms with Crippen LogP contribution in [0.15, 0.2) is 17.1 Å². The molecule has 0 radical (unpaired) electrons. The third kappa shape index (κ3) is 4.11. The van der Waals surface area contributed by atoms with Crippen molar-refractivity contribution in [3.05, 3.63) is 33.8 Å². The van der Waals surface area contributed by atoms with Crippen LogP contribution in [0.5, 0.6) is 5.88 Å². The number of aromatic hydroxyl groups is 1. The minimum absolute atomic E-state index is 0.0438. The van der Waals surface area contributed by atoms with Crippen molar-refractivity contribution < 1.29 is 19.4 Å². The molecule has 2 aromatic heterocycles.